The summed E-state index contributed by atoms with van der Waals surface area (Å²) in [4.78, 5) is 34.9. The van der Waals surface area contributed by atoms with Gasteiger partial charge in [0.1, 0.15) is 17.8 Å². The van der Waals surface area contributed by atoms with Crippen molar-refractivity contribution >= 4 is 17.9 Å². The van der Waals surface area contributed by atoms with Crippen LogP contribution in [0.5, 0.6) is 0 Å². The third-order valence-corrected chi connectivity index (χ3v) is 8.64. The van der Waals surface area contributed by atoms with E-state index in [4.69, 9.17) is 0 Å². The molecule has 0 aliphatic heterocycles. The van der Waals surface area contributed by atoms with Crippen LogP contribution in [0.15, 0.2) is 12.2 Å². The van der Waals surface area contributed by atoms with Gasteiger partial charge < -0.3 is 19.8 Å². The van der Waals surface area contributed by atoms with Crippen LogP contribution in [0.25, 0.3) is 0 Å². The first-order chi connectivity index (χ1) is 20.0. The topological polar surface area (TPSA) is 112 Å². The largest absolute Gasteiger partial charge is 0.481 e. The first kappa shape index (κ1) is 40.1. The molecular formula is C35H66NO6+. The van der Waals surface area contributed by atoms with Gasteiger partial charge in [-0.2, -0.15) is 0 Å². The van der Waals surface area contributed by atoms with Crippen LogP contribution in [-0.4, -0.2) is 63.9 Å². The number of allylic oxidation sites excluding steroid dienone is 2. The number of quaternary nitrogens is 1. The number of unbranched alkanes of at least 4 members (excludes halogenated alkanes) is 17. The zero-order valence-electron chi connectivity index (χ0n) is 27.7. The molecular weight excluding hydrogens is 530 g/mol. The number of nitrogens with zero attached hydrogens (tertiary/aromatic N) is 1. The summed E-state index contributed by atoms with van der Waals surface area (Å²) in [6, 6.07) is 0. The second-order valence-electron chi connectivity index (χ2n) is 13.0. The smallest absolute Gasteiger partial charge is 0.311 e. The zero-order valence-corrected chi connectivity index (χ0v) is 27.7. The number of carbonyl (C=O) groups is 3. The van der Waals surface area contributed by atoms with E-state index < -0.39 is 35.7 Å². The second kappa shape index (κ2) is 25.6. The van der Waals surface area contributed by atoms with Crippen molar-refractivity contribution in [3.05, 3.63) is 12.2 Å². The molecule has 246 valence electrons. The van der Waals surface area contributed by atoms with E-state index in [1.165, 1.54) is 96.3 Å². The molecule has 0 heterocycles. The Bertz CT molecular complexity index is 682. The molecule has 3 unspecified atom stereocenters. The van der Waals surface area contributed by atoms with Crippen molar-refractivity contribution in [1.82, 2.24) is 0 Å². The Morgan fingerprint density at radius 1 is 0.500 bits per heavy atom. The Morgan fingerprint density at radius 2 is 0.786 bits per heavy atom. The first-order valence-electron chi connectivity index (χ1n) is 17.2. The van der Waals surface area contributed by atoms with E-state index in [1.54, 1.807) is 20.8 Å². The number of rotatable bonds is 30. The highest BCUT2D eigenvalue weighted by molar-refractivity contribution is 5.70. The number of carboxylic acid groups (broad SMARTS) is 3. The maximum atomic E-state index is 11.6. The van der Waals surface area contributed by atoms with Gasteiger partial charge >= 0.3 is 17.9 Å². The third-order valence-electron chi connectivity index (χ3n) is 8.64. The lowest BCUT2D eigenvalue weighted by Crippen LogP contribution is -2.57. The molecule has 3 atom stereocenters. The predicted molar refractivity (Wildman–Crippen MR) is 173 cm³/mol. The van der Waals surface area contributed by atoms with E-state index in [0.717, 1.165) is 25.7 Å². The molecule has 42 heavy (non-hydrogen) atoms. The first-order valence-corrected chi connectivity index (χ1v) is 17.2. The van der Waals surface area contributed by atoms with Gasteiger partial charge in [0.05, 0.1) is 26.2 Å². The summed E-state index contributed by atoms with van der Waals surface area (Å²) in [5.74, 6) is -4.81. The quantitative estimate of drug-likeness (QED) is 0.0433. The molecule has 0 aromatic heterocycles. The average molecular weight is 597 g/mol. The van der Waals surface area contributed by atoms with Crippen molar-refractivity contribution in [3.63, 3.8) is 0 Å². The minimum absolute atomic E-state index is 0.223. The highest BCUT2D eigenvalue weighted by atomic mass is 16.4. The fraction of sp³-hybridized carbons (Fsp3) is 0.857. The van der Waals surface area contributed by atoms with Gasteiger partial charge in [-0.05, 0) is 59.3 Å². The van der Waals surface area contributed by atoms with Crippen LogP contribution in [0.4, 0.5) is 0 Å². The molecule has 0 aliphatic carbocycles. The van der Waals surface area contributed by atoms with Crippen LogP contribution in [0.2, 0.25) is 0 Å². The van der Waals surface area contributed by atoms with Crippen LogP contribution >= 0.6 is 0 Å². The molecule has 0 spiro atoms. The van der Waals surface area contributed by atoms with Gasteiger partial charge in [0.25, 0.3) is 0 Å². The maximum Gasteiger partial charge on any atom is 0.311 e. The SMILES string of the molecule is CCCCCCCCCCC/C=C/CCCCCCCCCC[N+](CC(C)C(=O)O)(CC(C)C(=O)O)CC(C)C(=O)O. The molecule has 7 heteroatoms. The van der Waals surface area contributed by atoms with Gasteiger partial charge in [-0.3, -0.25) is 14.4 Å². The Kier molecular flexibility index (Phi) is 24.4. The van der Waals surface area contributed by atoms with E-state index in [2.05, 4.69) is 19.1 Å². The van der Waals surface area contributed by atoms with Crippen molar-refractivity contribution in [1.29, 1.82) is 0 Å². The molecule has 0 rings (SSSR count). The maximum absolute atomic E-state index is 11.6. The standard InChI is InChI=1S/C35H65NO6/c1-5-6-7-8-9-10-11-12-13-14-15-16-17-18-19-20-21-22-23-24-25-26-36(27-30(2)33(37)38,28-31(3)34(39)40)29-32(4)35(41)42/h15-16,30-32H,5-14,17-29H2,1-4H3,(H2-,37,38,39,40,41,42)/p+1/b16-15+. The Morgan fingerprint density at radius 3 is 1.10 bits per heavy atom. The minimum Gasteiger partial charge on any atom is -0.481 e. The monoisotopic (exact) mass is 596 g/mol. The summed E-state index contributed by atoms with van der Waals surface area (Å²) in [6.45, 7) is 8.50. The summed E-state index contributed by atoms with van der Waals surface area (Å²) in [5.41, 5.74) is 0. The van der Waals surface area contributed by atoms with E-state index in [-0.39, 0.29) is 24.1 Å². The summed E-state index contributed by atoms with van der Waals surface area (Å²) in [5, 5.41) is 28.6. The normalized spacial score (nSPS) is 15.3. The number of aliphatic carboxylic acids is 3. The minimum atomic E-state index is -0.933. The molecule has 0 aromatic rings. The lowest BCUT2D eigenvalue weighted by Gasteiger charge is -2.42. The molecule has 3 N–H and O–H groups in total. The van der Waals surface area contributed by atoms with Crippen molar-refractivity contribution in [2.24, 2.45) is 17.8 Å². The van der Waals surface area contributed by atoms with Crippen LogP contribution in [0.1, 0.15) is 150 Å². The molecule has 0 bridgehead atoms. The number of hydrogen-bond donors (Lipinski definition) is 3. The second-order valence-corrected chi connectivity index (χ2v) is 13.0. The highest BCUT2D eigenvalue weighted by Crippen LogP contribution is 2.22. The molecule has 0 saturated carbocycles. The Balaban J connectivity index is 4.22. The summed E-state index contributed by atoms with van der Waals surface area (Å²) in [6.07, 6.45) is 28.6. The van der Waals surface area contributed by atoms with Crippen LogP contribution in [0.3, 0.4) is 0 Å². The van der Waals surface area contributed by atoms with Crippen molar-refractivity contribution in [2.45, 2.75) is 150 Å². The summed E-state index contributed by atoms with van der Waals surface area (Å²) >= 11 is 0. The van der Waals surface area contributed by atoms with E-state index in [0.29, 0.717) is 6.54 Å². The Labute approximate surface area is 257 Å². The van der Waals surface area contributed by atoms with E-state index in [1.807, 2.05) is 0 Å². The van der Waals surface area contributed by atoms with Crippen LogP contribution in [-0.2, 0) is 14.4 Å². The molecule has 0 radical (unpaired) electrons. The molecule has 0 amide bonds. The molecule has 0 saturated heterocycles. The van der Waals surface area contributed by atoms with Gasteiger partial charge in [0.2, 0.25) is 0 Å². The highest BCUT2D eigenvalue weighted by Gasteiger charge is 2.38. The van der Waals surface area contributed by atoms with Crippen LogP contribution < -0.4 is 0 Å². The van der Waals surface area contributed by atoms with Crippen molar-refractivity contribution in [2.75, 3.05) is 26.2 Å². The van der Waals surface area contributed by atoms with Gasteiger partial charge in [-0.1, -0.05) is 103 Å². The third kappa shape index (κ3) is 21.8. The fourth-order valence-corrected chi connectivity index (χ4v) is 6.05. The van der Waals surface area contributed by atoms with Gasteiger partial charge in [-0.15, -0.1) is 0 Å². The summed E-state index contributed by atoms with van der Waals surface area (Å²) in [7, 11) is 0. The number of carboxylic acids is 3. The fourth-order valence-electron chi connectivity index (χ4n) is 6.05. The molecule has 0 aromatic carbocycles. The predicted octanol–water partition coefficient (Wildman–Crippen LogP) is 8.95. The summed E-state index contributed by atoms with van der Waals surface area (Å²) < 4.78 is 0.223. The van der Waals surface area contributed by atoms with Gasteiger partial charge in [0, 0.05) is 0 Å². The Hall–Kier alpha value is -1.89. The molecule has 0 aliphatic rings. The van der Waals surface area contributed by atoms with Gasteiger partial charge in [0.15, 0.2) is 0 Å². The lowest BCUT2D eigenvalue weighted by atomic mass is 10.00. The molecule has 7 nitrogen and oxygen atoms in total. The molecule has 0 fully saturated rings. The lowest BCUT2D eigenvalue weighted by molar-refractivity contribution is -0.934. The van der Waals surface area contributed by atoms with E-state index in [9.17, 15) is 29.7 Å². The average Bonchev–Trinajstić information content (AvgIpc) is 2.93. The van der Waals surface area contributed by atoms with Crippen molar-refractivity contribution in [3.8, 4) is 0 Å². The zero-order chi connectivity index (χ0) is 31.6. The van der Waals surface area contributed by atoms with Gasteiger partial charge in [-0.25, -0.2) is 0 Å². The van der Waals surface area contributed by atoms with E-state index >= 15 is 0 Å². The number of hydrogen-bond acceptors (Lipinski definition) is 3. The van der Waals surface area contributed by atoms with Crippen molar-refractivity contribution < 1.29 is 34.2 Å². The van der Waals surface area contributed by atoms with Crippen LogP contribution in [0, 0.1) is 17.8 Å².